The number of H-pyrrole nitrogens is 1. The molecule has 2 heterocycles. The summed E-state index contributed by atoms with van der Waals surface area (Å²) in [6.45, 7) is 5.45. The molecule has 1 unspecified atom stereocenters. The summed E-state index contributed by atoms with van der Waals surface area (Å²) in [6, 6.07) is 21.2. The van der Waals surface area contributed by atoms with Crippen molar-refractivity contribution in [1.82, 2.24) is 14.9 Å². The molecule has 1 atom stereocenters. The summed E-state index contributed by atoms with van der Waals surface area (Å²) in [4.78, 5) is 10.9. The van der Waals surface area contributed by atoms with Gasteiger partial charge in [-0.25, -0.2) is 4.98 Å². The van der Waals surface area contributed by atoms with E-state index in [4.69, 9.17) is 4.98 Å². The number of hydrogen-bond donors (Lipinski definition) is 1. The molecule has 1 aliphatic heterocycles. The Hall–Kier alpha value is -2.39. The van der Waals surface area contributed by atoms with Gasteiger partial charge in [0.2, 0.25) is 0 Å². The van der Waals surface area contributed by atoms with Gasteiger partial charge in [0.05, 0.1) is 11.4 Å². The fourth-order valence-electron chi connectivity index (χ4n) is 3.51. The van der Waals surface area contributed by atoms with E-state index in [2.05, 4.69) is 71.4 Å². The van der Waals surface area contributed by atoms with Crippen molar-refractivity contribution in [2.24, 2.45) is 0 Å². The van der Waals surface area contributed by atoms with Crippen molar-refractivity contribution in [2.75, 3.05) is 13.1 Å². The molecule has 1 aromatic heterocycles. The maximum absolute atomic E-state index is 4.81. The molecular formula is C21H23N3. The van der Waals surface area contributed by atoms with Gasteiger partial charge in [-0.15, -0.1) is 0 Å². The third kappa shape index (κ3) is 3.13. The van der Waals surface area contributed by atoms with Gasteiger partial charge in [-0.2, -0.15) is 0 Å². The van der Waals surface area contributed by atoms with Crippen molar-refractivity contribution in [3.63, 3.8) is 0 Å². The second-order valence-electron chi connectivity index (χ2n) is 6.67. The number of fused-ring (bicyclic) bond motifs is 1. The SMILES string of the molecule is CC(CN1CCc2nc(-c3ccccc3)[nH]c2C1)c1ccccc1. The summed E-state index contributed by atoms with van der Waals surface area (Å²) in [5, 5.41) is 0. The topological polar surface area (TPSA) is 31.9 Å². The van der Waals surface area contributed by atoms with Crippen LogP contribution in [0.25, 0.3) is 11.4 Å². The monoisotopic (exact) mass is 317 g/mol. The summed E-state index contributed by atoms with van der Waals surface area (Å²) in [5.74, 6) is 1.54. The van der Waals surface area contributed by atoms with Gasteiger partial charge in [-0.1, -0.05) is 67.6 Å². The molecule has 24 heavy (non-hydrogen) atoms. The van der Waals surface area contributed by atoms with Crippen molar-refractivity contribution in [3.8, 4) is 11.4 Å². The van der Waals surface area contributed by atoms with E-state index in [-0.39, 0.29) is 0 Å². The minimum atomic E-state index is 0.546. The van der Waals surface area contributed by atoms with E-state index in [0.717, 1.165) is 37.4 Å². The Kier molecular flexibility index (Phi) is 4.18. The Morgan fingerprint density at radius 1 is 1.04 bits per heavy atom. The van der Waals surface area contributed by atoms with E-state index in [1.807, 2.05) is 6.07 Å². The van der Waals surface area contributed by atoms with E-state index >= 15 is 0 Å². The van der Waals surface area contributed by atoms with Crippen molar-refractivity contribution < 1.29 is 0 Å². The molecule has 1 aliphatic rings. The standard InChI is InChI=1S/C21H23N3/c1-16(17-8-4-2-5-9-17)14-24-13-12-19-20(15-24)23-21(22-19)18-10-6-3-7-11-18/h2-11,16H,12-15H2,1H3,(H,22,23). The van der Waals surface area contributed by atoms with Crippen molar-refractivity contribution in [3.05, 3.63) is 77.6 Å². The number of aromatic nitrogens is 2. The van der Waals surface area contributed by atoms with Gasteiger partial charge >= 0.3 is 0 Å². The molecule has 3 nitrogen and oxygen atoms in total. The van der Waals surface area contributed by atoms with Gasteiger partial charge in [-0.3, -0.25) is 4.90 Å². The van der Waals surface area contributed by atoms with Gasteiger partial charge in [0.25, 0.3) is 0 Å². The lowest BCUT2D eigenvalue weighted by Crippen LogP contribution is -2.33. The highest BCUT2D eigenvalue weighted by molar-refractivity contribution is 5.55. The molecule has 1 N–H and O–H groups in total. The zero-order valence-corrected chi connectivity index (χ0v) is 14.1. The Morgan fingerprint density at radius 3 is 2.50 bits per heavy atom. The fourth-order valence-corrected chi connectivity index (χ4v) is 3.51. The van der Waals surface area contributed by atoms with Crippen molar-refractivity contribution >= 4 is 0 Å². The van der Waals surface area contributed by atoms with Crippen LogP contribution in [0.15, 0.2) is 60.7 Å². The van der Waals surface area contributed by atoms with Gasteiger partial charge in [-0.05, 0) is 11.5 Å². The number of rotatable bonds is 4. The third-order valence-corrected chi connectivity index (χ3v) is 4.86. The van der Waals surface area contributed by atoms with Crippen LogP contribution in [0.3, 0.4) is 0 Å². The Labute approximate surface area is 143 Å². The third-order valence-electron chi connectivity index (χ3n) is 4.86. The number of nitrogens with zero attached hydrogens (tertiary/aromatic N) is 2. The molecule has 2 aromatic carbocycles. The van der Waals surface area contributed by atoms with E-state index in [0.29, 0.717) is 5.92 Å². The van der Waals surface area contributed by atoms with Crippen LogP contribution < -0.4 is 0 Å². The van der Waals surface area contributed by atoms with Crippen LogP contribution in [0, 0.1) is 0 Å². The average molecular weight is 317 g/mol. The van der Waals surface area contributed by atoms with Gasteiger partial charge in [0, 0.05) is 31.6 Å². The van der Waals surface area contributed by atoms with Crippen molar-refractivity contribution in [2.45, 2.75) is 25.8 Å². The number of aromatic amines is 1. The Morgan fingerprint density at radius 2 is 1.75 bits per heavy atom. The summed E-state index contributed by atoms with van der Waals surface area (Å²) < 4.78 is 0. The smallest absolute Gasteiger partial charge is 0.137 e. The summed E-state index contributed by atoms with van der Waals surface area (Å²) >= 11 is 0. The van der Waals surface area contributed by atoms with Gasteiger partial charge < -0.3 is 4.98 Å². The molecule has 3 aromatic rings. The fraction of sp³-hybridized carbons (Fsp3) is 0.286. The minimum Gasteiger partial charge on any atom is -0.341 e. The molecule has 0 fully saturated rings. The second-order valence-corrected chi connectivity index (χ2v) is 6.67. The van der Waals surface area contributed by atoms with Crippen LogP contribution in [-0.4, -0.2) is 28.0 Å². The summed E-state index contributed by atoms with van der Waals surface area (Å²) in [5.41, 5.74) is 5.09. The van der Waals surface area contributed by atoms with E-state index in [1.54, 1.807) is 0 Å². The molecule has 0 spiro atoms. The highest BCUT2D eigenvalue weighted by atomic mass is 15.2. The molecule has 0 amide bonds. The molecule has 0 bridgehead atoms. The number of nitrogens with one attached hydrogen (secondary N) is 1. The maximum Gasteiger partial charge on any atom is 0.137 e. The first kappa shape index (κ1) is 15.2. The first-order valence-electron chi connectivity index (χ1n) is 8.70. The average Bonchev–Trinajstić information content (AvgIpc) is 3.06. The molecule has 4 rings (SSSR count). The quantitative estimate of drug-likeness (QED) is 0.780. The van der Waals surface area contributed by atoms with Crippen molar-refractivity contribution in [1.29, 1.82) is 0 Å². The van der Waals surface area contributed by atoms with Crippen LogP contribution in [0.5, 0.6) is 0 Å². The van der Waals surface area contributed by atoms with Gasteiger partial charge in [0.1, 0.15) is 5.82 Å². The van der Waals surface area contributed by atoms with E-state index in [9.17, 15) is 0 Å². The number of imidazole rings is 1. The lowest BCUT2D eigenvalue weighted by Gasteiger charge is -2.28. The predicted octanol–water partition coefficient (Wildman–Crippen LogP) is 4.24. The highest BCUT2D eigenvalue weighted by Crippen LogP contribution is 2.24. The van der Waals surface area contributed by atoms with Crippen LogP contribution >= 0.6 is 0 Å². The highest BCUT2D eigenvalue weighted by Gasteiger charge is 2.22. The van der Waals surface area contributed by atoms with Crippen LogP contribution in [0.1, 0.15) is 29.8 Å². The summed E-state index contributed by atoms with van der Waals surface area (Å²) in [7, 11) is 0. The maximum atomic E-state index is 4.81. The molecule has 0 aliphatic carbocycles. The zero-order valence-electron chi connectivity index (χ0n) is 14.1. The van der Waals surface area contributed by atoms with Crippen LogP contribution in [0.4, 0.5) is 0 Å². The molecule has 0 saturated heterocycles. The molecule has 3 heteroatoms. The summed E-state index contributed by atoms with van der Waals surface area (Å²) in [6.07, 6.45) is 1.03. The largest absolute Gasteiger partial charge is 0.341 e. The number of benzene rings is 2. The molecule has 122 valence electrons. The van der Waals surface area contributed by atoms with Crippen LogP contribution in [-0.2, 0) is 13.0 Å². The predicted molar refractivity (Wildman–Crippen MR) is 97.9 cm³/mol. The first-order chi connectivity index (χ1) is 11.8. The van der Waals surface area contributed by atoms with E-state index < -0.39 is 0 Å². The lowest BCUT2D eigenvalue weighted by atomic mass is 10.00. The van der Waals surface area contributed by atoms with Gasteiger partial charge in [0.15, 0.2) is 0 Å². The molecule has 0 radical (unpaired) electrons. The Bertz CT molecular complexity index is 792. The second kappa shape index (κ2) is 6.62. The Balaban J connectivity index is 1.47. The molecular weight excluding hydrogens is 294 g/mol. The normalized spacial score (nSPS) is 15.9. The lowest BCUT2D eigenvalue weighted by molar-refractivity contribution is 0.238. The van der Waals surface area contributed by atoms with Crippen LogP contribution in [0.2, 0.25) is 0 Å². The minimum absolute atomic E-state index is 0.546. The number of hydrogen-bond acceptors (Lipinski definition) is 2. The zero-order chi connectivity index (χ0) is 16.4. The van der Waals surface area contributed by atoms with E-state index in [1.165, 1.54) is 17.0 Å². The first-order valence-corrected chi connectivity index (χ1v) is 8.70. The molecule has 0 saturated carbocycles.